The van der Waals surface area contributed by atoms with Gasteiger partial charge in [-0.1, -0.05) is 33.1 Å². The minimum absolute atomic E-state index is 0.00886. The van der Waals surface area contributed by atoms with Gasteiger partial charge in [0.05, 0.1) is 0 Å². The van der Waals surface area contributed by atoms with E-state index >= 15 is 0 Å². The summed E-state index contributed by atoms with van der Waals surface area (Å²) in [6.45, 7) is 4.08. The molecule has 0 rings (SSSR count). The SMILES string of the molecule is CCCCCC=NC(=O)C(C)CCCCC=NC=O. The third-order valence-electron chi connectivity index (χ3n) is 2.96. The number of hydrogen-bond donors (Lipinski definition) is 0. The summed E-state index contributed by atoms with van der Waals surface area (Å²) in [6, 6.07) is 0. The number of unbranched alkanes of at least 4 members (excludes halogenated alkanes) is 5. The van der Waals surface area contributed by atoms with Gasteiger partial charge in [-0.3, -0.25) is 9.59 Å². The van der Waals surface area contributed by atoms with Gasteiger partial charge in [0.1, 0.15) is 0 Å². The molecule has 0 aliphatic carbocycles. The van der Waals surface area contributed by atoms with Crippen LogP contribution in [0.15, 0.2) is 9.98 Å². The van der Waals surface area contributed by atoms with Gasteiger partial charge in [0.15, 0.2) is 0 Å². The zero-order valence-corrected chi connectivity index (χ0v) is 12.2. The van der Waals surface area contributed by atoms with Crippen molar-refractivity contribution in [1.29, 1.82) is 0 Å². The fourth-order valence-corrected chi connectivity index (χ4v) is 1.69. The van der Waals surface area contributed by atoms with Crippen LogP contribution in [-0.4, -0.2) is 24.7 Å². The lowest BCUT2D eigenvalue weighted by Crippen LogP contribution is -2.08. The lowest BCUT2D eigenvalue weighted by molar-refractivity contribution is -0.121. The van der Waals surface area contributed by atoms with Crippen molar-refractivity contribution in [2.24, 2.45) is 15.9 Å². The number of carbonyl (C=O) groups excluding carboxylic acids is 2. The molecule has 0 aliphatic rings. The number of nitrogens with zero attached hydrogens (tertiary/aromatic N) is 2. The molecule has 0 aromatic heterocycles. The number of hydrogen-bond acceptors (Lipinski definition) is 2. The summed E-state index contributed by atoms with van der Waals surface area (Å²) >= 11 is 0. The second-order valence-electron chi connectivity index (χ2n) is 4.77. The molecule has 0 N–H and O–H groups in total. The van der Waals surface area contributed by atoms with Gasteiger partial charge >= 0.3 is 0 Å². The highest BCUT2D eigenvalue weighted by atomic mass is 16.1. The maximum atomic E-state index is 11.7. The summed E-state index contributed by atoms with van der Waals surface area (Å²) in [4.78, 5) is 29.1. The van der Waals surface area contributed by atoms with Gasteiger partial charge in [-0.25, -0.2) is 9.98 Å². The first-order chi connectivity index (χ1) is 9.22. The Kier molecular flexibility index (Phi) is 12.2. The van der Waals surface area contributed by atoms with Gasteiger partial charge in [-0.05, 0) is 32.1 Å². The molecule has 19 heavy (non-hydrogen) atoms. The molecule has 2 amide bonds. The third-order valence-corrected chi connectivity index (χ3v) is 2.96. The molecule has 0 aromatic rings. The van der Waals surface area contributed by atoms with Crippen molar-refractivity contribution >= 4 is 24.7 Å². The van der Waals surface area contributed by atoms with Crippen LogP contribution in [0.5, 0.6) is 0 Å². The van der Waals surface area contributed by atoms with E-state index in [4.69, 9.17) is 0 Å². The van der Waals surface area contributed by atoms with E-state index in [1.807, 2.05) is 6.92 Å². The normalized spacial score (nSPS) is 13.2. The number of rotatable bonds is 11. The van der Waals surface area contributed by atoms with Crippen molar-refractivity contribution in [2.45, 2.75) is 65.2 Å². The minimum Gasteiger partial charge on any atom is -0.276 e. The molecule has 108 valence electrons. The molecule has 4 nitrogen and oxygen atoms in total. The Morgan fingerprint density at radius 1 is 1.11 bits per heavy atom. The predicted octanol–water partition coefficient (Wildman–Crippen LogP) is 3.59. The van der Waals surface area contributed by atoms with Gasteiger partial charge in [0.2, 0.25) is 12.3 Å². The van der Waals surface area contributed by atoms with E-state index < -0.39 is 0 Å². The van der Waals surface area contributed by atoms with E-state index in [0.29, 0.717) is 6.41 Å². The molecule has 0 aromatic carbocycles. The second kappa shape index (κ2) is 13.1. The highest BCUT2D eigenvalue weighted by Crippen LogP contribution is 2.10. The van der Waals surface area contributed by atoms with E-state index in [9.17, 15) is 9.59 Å². The van der Waals surface area contributed by atoms with E-state index in [-0.39, 0.29) is 11.8 Å². The molecule has 1 unspecified atom stereocenters. The topological polar surface area (TPSA) is 58.9 Å². The van der Waals surface area contributed by atoms with Crippen molar-refractivity contribution in [3.8, 4) is 0 Å². The quantitative estimate of drug-likeness (QED) is 0.326. The Bertz CT molecular complexity index is 299. The van der Waals surface area contributed by atoms with Crippen LogP contribution in [-0.2, 0) is 9.59 Å². The first kappa shape index (κ1) is 17.7. The Morgan fingerprint density at radius 2 is 1.79 bits per heavy atom. The summed E-state index contributed by atoms with van der Waals surface area (Å²) < 4.78 is 0. The van der Waals surface area contributed by atoms with Crippen molar-refractivity contribution in [2.75, 3.05) is 0 Å². The monoisotopic (exact) mass is 266 g/mol. The Labute approximate surface area is 116 Å². The maximum absolute atomic E-state index is 11.7. The van der Waals surface area contributed by atoms with Crippen LogP contribution in [0.3, 0.4) is 0 Å². The Morgan fingerprint density at radius 3 is 2.47 bits per heavy atom. The van der Waals surface area contributed by atoms with Gasteiger partial charge in [0.25, 0.3) is 0 Å². The minimum atomic E-state index is -0.0157. The Hall–Kier alpha value is -1.32. The molecule has 0 saturated heterocycles. The van der Waals surface area contributed by atoms with Gasteiger partial charge < -0.3 is 0 Å². The summed E-state index contributed by atoms with van der Waals surface area (Å²) in [5, 5.41) is 0. The lowest BCUT2D eigenvalue weighted by atomic mass is 10.0. The van der Waals surface area contributed by atoms with Crippen molar-refractivity contribution in [3.05, 3.63) is 0 Å². The zero-order chi connectivity index (χ0) is 14.3. The molecule has 0 radical (unpaired) electrons. The number of amides is 2. The average molecular weight is 266 g/mol. The lowest BCUT2D eigenvalue weighted by Gasteiger charge is -2.05. The predicted molar refractivity (Wildman–Crippen MR) is 79.8 cm³/mol. The van der Waals surface area contributed by atoms with E-state index in [2.05, 4.69) is 16.9 Å². The summed E-state index contributed by atoms with van der Waals surface area (Å²) in [5.41, 5.74) is 0. The zero-order valence-electron chi connectivity index (χ0n) is 12.2. The van der Waals surface area contributed by atoms with Crippen LogP contribution in [0.1, 0.15) is 65.2 Å². The average Bonchev–Trinajstić information content (AvgIpc) is 2.42. The van der Waals surface area contributed by atoms with Crippen molar-refractivity contribution < 1.29 is 9.59 Å². The summed E-state index contributed by atoms with van der Waals surface area (Å²) in [5.74, 6) is -0.0245. The molecular weight excluding hydrogens is 240 g/mol. The summed E-state index contributed by atoms with van der Waals surface area (Å²) in [6.07, 6.45) is 11.9. The Balaban J connectivity index is 3.63. The van der Waals surface area contributed by atoms with Crippen molar-refractivity contribution in [1.82, 2.24) is 0 Å². The van der Waals surface area contributed by atoms with Gasteiger partial charge in [0, 0.05) is 18.3 Å². The van der Waals surface area contributed by atoms with Crippen LogP contribution in [0, 0.1) is 5.92 Å². The van der Waals surface area contributed by atoms with Crippen LogP contribution in [0.25, 0.3) is 0 Å². The van der Waals surface area contributed by atoms with Gasteiger partial charge in [-0.15, -0.1) is 0 Å². The molecule has 0 heterocycles. The fraction of sp³-hybridized carbons (Fsp3) is 0.733. The fourth-order valence-electron chi connectivity index (χ4n) is 1.69. The summed E-state index contributed by atoms with van der Waals surface area (Å²) in [7, 11) is 0. The smallest absolute Gasteiger partial charge is 0.248 e. The maximum Gasteiger partial charge on any atom is 0.248 e. The molecule has 0 spiro atoms. The molecule has 0 fully saturated rings. The highest BCUT2D eigenvalue weighted by Gasteiger charge is 2.10. The molecular formula is C15H26N2O2. The first-order valence-corrected chi connectivity index (χ1v) is 7.24. The van der Waals surface area contributed by atoms with Crippen LogP contribution in [0.4, 0.5) is 0 Å². The molecule has 0 saturated carbocycles. The highest BCUT2D eigenvalue weighted by molar-refractivity contribution is 5.86. The van der Waals surface area contributed by atoms with E-state index in [1.165, 1.54) is 12.8 Å². The molecule has 4 heteroatoms. The van der Waals surface area contributed by atoms with Gasteiger partial charge in [-0.2, -0.15) is 0 Å². The number of carbonyl (C=O) groups is 2. The molecule has 1 atom stereocenters. The van der Waals surface area contributed by atoms with Crippen molar-refractivity contribution in [3.63, 3.8) is 0 Å². The second-order valence-corrected chi connectivity index (χ2v) is 4.77. The first-order valence-electron chi connectivity index (χ1n) is 7.24. The van der Waals surface area contributed by atoms with E-state index in [0.717, 1.165) is 38.5 Å². The van der Waals surface area contributed by atoms with Crippen LogP contribution in [0.2, 0.25) is 0 Å². The molecule has 0 bridgehead atoms. The third kappa shape index (κ3) is 11.5. The number of aliphatic imine (C=N–C) groups is 2. The van der Waals surface area contributed by atoms with Crippen LogP contribution >= 0.6 is 0 Å². The van der Waals surface area contributed by atoms with Crippen LogP contribution < -0.4 is 0 Å². The standard InChI is InChI=1S/C15H26N2O2/c1-3-4-5-9-12-17-15(19)14(2)10-7-6-8-11-16-13-18/h11-14H,3-10H2,1-2H3. The van der Waals surface area contributed by atoms with E-state index in [1.54, 1.807) is 12.4 Å². The largest absolute Gasteiger partial charge is 0.276 e. The molecule has 0 aliphatic heterocycles.